The molecule has 0 aliphatic carbocycles. The molecule has 0 atom stereocenters. The molecule has 0 saturated heterocycles. The Bertz CT molecular complexity index is 941. The van der Waals surface area contributed by atoms with Gasteiger partial charge in [0.1, 0.15) is 5.75 Å². The summed E-state index contributed by atoms with van der Waals surface area (Å²) in [6, 6.07) is 14.2. The number of allylic oxidation sites excluding steroid dienone is 1. The van der Waals surface area contributed by atoms with Crippen molar-refractivity contribution in [2.75, 3.05) is 13.7 Å². The first-order valence-electron chi connectivity index (χ1n) is 8.27. The van der Waals surface area contributed by atoms with Gasteiger partial charge in [-0.3, -0.25) is 4.98 Å². The third-order valence-electron chi connectivity index (χ3n) is 4.31. The molecule has 0 amide bonds. The van der Waals surface area contributed by atoms with E-state index < -0.39 is 0 Å². The summed E-state index contributed by atoms with van der Waals surface area (Å²) in [7, 11) is 1.69. The van der Waals surface area contributed by atoms with Crippen molar-refractivity contribution in [2.45, 2.75) is 6.54 Å². The van der Waals surface area contributed by atoms with Gasteiger partial charge in [0.15, 0.2) is 0 Å². The molecule has 3 N–H and O–H groups in total. The summed E-state index contributed by atoms with van der Waals surface area (Å²) in [4.78, 5) is 7.87. The van der Waals surface area contributed by atoms with E-state index in [2.05, 4.69) is 32.7 Å². The van der Waals surface area contributed by atoms with E-state index >= 15 is 0 Å². The van der Waals surface area contributed by atoms with E-state index in [0.717, 1.165) is 40.3 Å². The van der Waals surface area contributed by atoms with Crippen LogP contribution in [0.25, 0.3) is 16.5 Å². The lowest BCUT2D eigenvalue weighted by Crippen LogP contribution is -2.22. The number of methoxy groups -OCH3 is 1. The Morgan fingerprint density at radius 2 is 2.16 bits per heavy atom. The van der Waals surface area contributed by atoms with E-state index in [0.29, 0.717) is 6.54 Å². The van der Waals surface area contributed by atoms with Crippen molar-refractivity contribution in [3.8, 4) is 5.75 Å². The standard InChI is InChI=1S/C20H20N4O/c1-25-16-5-6-18-14(10-16)11-20(24-18)17-13-21-9-7-19(17)23-12-15-4-2-3-8-22-15/h2-11,21,23-24H,12-13H2,1H3. The minimum absolute atomic E-state index is 0.693. The minimum Gasteiger partial charge on any atom is -0.497 e. The molecule has 3 heterocycles. The van der Waals surface area contributed by atoms with E-state index in [4.69, 9.17) is 4.74 Å². The molecule has 3 aromatic rings. The Morgan fingerprint density at radius 1 is 1.20 bits per heavy atom. The topological polar surface area (TPSA) is 62.0 Å². The molecular formula is C20H20N4O. The van der Waals surface area contributed by atoms with E-state index in [1.165, 1.54) is 5.57 Å². The quantitative estimate of drug-likeness (QED) is 0.671. The highest BCUT2D eigenvalue weighted by molar-refractivity contribution is 5.87. The number of fused-ring (bicyclic) bond motifs is 1. The number of aromatic amines is 1. The lowest BCUT2D eigenvalue weighted by molar-refractivity contribution is 0.415. The van der Waals surface area contributed by atoms with Gasteiger partial charge in [0.2, 0.25) is 0 Å². The van der Waals surface area contributed by atoms with Crippen LogP contribution in [0.1, 0.15) is 11.4 Å². The van der Waals surface area contributed by atoms with Crippen molar-refractivity contribution in [1.82, 2.24) is 20.6 Å². The summed E-state index contributed by atoms with van der Waals surface area (Å²) in [5, 5.41) is 7.93. The molecule has 126 valence electrons. The number of ether oxygens (including phenoxy) is 1. The predicted molar refractivity (Wildman–Crippen MR) is 100.0 cm³/mol. The fraction of sp³-hybridized carbons (Fsp3) is 0.150. The summed E-state index contributed by atoms with van der Waals surface area (Å²) < 4.78 is 5.32. The number of hydrogen-bond donors (Lipinski definition) is 3. The first-order valence-corrected chi connectivity index (χ1v) is 8.27. The molecule has 1 aromatic carbocycles. The largest absolute Gasteiger partial charge is 0.497 e. The van der Waals surface area contributed by atoms with Crippen LogP contribution in [0.15, 0.2) is 66.6 Å². The molecule has 25 heavy (non-hydrogen) atoms. The van der Waals surface area contributed by atoms with Crippen LogP contribution >= 0.6 is 0 Å². The molecule has 5 nitrogen and oxygen atoms in total. The number of nitrogens with zero attached hydrogens (tertiary/aromatic N) is 1. The van der Waals surface area contributed by atoms with Crippen molar-refractivity contribution in [3.63, 3.8) is 0 Å². The third kappa shape index (κ3) is 3.21. The normalized spacial score (nSPS) is 13.8. The van der Waals surface area contributed by atoms with Gasteiger partial charge in [0, 0.05) is 40.6 Å². The second-order valence-corrected chi connectivity index (χ2v) is 5.92. The number of benzene rings is 1. The lowest BCUT2D eigenvalue weighted by atomic mass is 10.1. The molecule has 5 heteroatoms. The highest BCUT2D eigenvalue weighted by Gasteiger charge is 2.13. The molecule has 0 radical (unpaired) electrons. The highest BCUT2D eigenvalue weighted by Crippen LogP contribution is 2.26. The van der Waals surface area contributed by atoms with Gasteiger partial charge in [-0.2, -0.15) is 0 Å². The number of pyridine rings is 1. The number of rotatable bonds is 5. The highest BCUT2D eigenvalue weighted by atomic mass is 16.5. The first-order chi connectivity index (χ1) is 12.3. The molecule has 2 aromatic heterocycles. The first kappa shape index (κ1) is 15.3. The number of aromatic nitrogens is 2. The summed E-state index contributed by atoms with van der Waals surface area (Å²) in [5.74, 6) is 0.863. The predicted octanol–water partition coefficient (Wildman–Crippen LogP) is 3.19. The Hall–Kier alpha value is -3.21. The van der Waals surface area contributed by atoms with Crippen molar-refractivity contribution in [3.05, 3.63) is 78.0 Å². The molecule has 1 aliphatic heterocycles. The van der Waals surface area contributed by atoms with Gasteiger partial charge in [-0.05, 0) is 48.7 Å². The molecule has 0 fully saturated rings. The lowest BCUT2D eigenvalue weighted by Gasteiger charge is -2.18. The summed E-state index contributed by atoms with van der Waals surface area (Å²) >= 11 is 0. The third-order valence-corrected chi connectivity index (χ3v) is 4.31. The van der Waals surface area contributed by atoms with Crippen molar-refractivity contribution in [1.29, 1.82) is 0 Å². The molecule has 0 saturated carbocycles. The number of dihydropyridines is 1. The summed E-state index contributed by atoms with van der Waals surface area (Å²) in [6.07, 6.45) is 5.85. The van der Waals surface area contributed by atoms with E-state index in [1.54, 1.807) is 7.11 Å². The zero-order valence-corrected chi connectivity index (χ0v) is 14.0. The van der Waals surface area contributed by atoms with Crippen LogP contribution in [-0.2, 0) is 6.54 Å². The Labute approximate surface area is 146 Å². The zero-order valence-electron chi connectivity index (χ0n) is 14.0. The second kappa shape index (κ2) is 6.73. The molecular weight excluding hydrogens is 312 g/mol. The summed E-state index contributed by atoms with van der Waals surface area (Å²) in [5.41, 5.74) is 5.52. The van der Waals surface area contributed by atoms with E-state index in [1.807, 2.05) is 48.8 Å². The SMILES string of the molecule is COc1ccc2[nH]c(C3=C(NCc4ccccn4)C=CNC3)cc2c1. The maximum absolute atomic E-state index is 5.32. The maximum Gasteiger partial charge on any atom is 0.119 e. The molecule has 1 aliphatic rings. The van der Waals surface area contributed by atoms with Gasteiger partial charge in [0.25, 0.3) is 0 Å². The van der Waals surface area contributed by atoms with Crippen molar-refractivity contribution >= 4 is 16.5 Å². The average Bonchev–Trinajstić information content (AvgIpc) is 3.10. The van der Waals surface area contributed by atoms with Crippen LogP contribution in [0.2, 0.25) is 0 Å². The second-order valence-electron chi connectivity index (χ2n) is 5.92. The van der Waals surface area contributed by atoms with Gasteiger partial charge in [0.05, 0.1) is 19.3 Å². The van der Waals surface area contributed by atoms with E-state index in [-0.39, 0.29) is 0 Å². The van der Waals surface area contributed by atoms with Crippen LogP contribution in [0.3, 0.4) is 0 Å². The fourth-order valence-electron chi connectivity index (χ4n) is 2.99. The van der Waals surface area contributed by atoms with Crippen molar-refractivity contribution in [2.24, 2.45) is 0 Å². The Morgan fingerprint density at radius 3 is 3.00 bits per heavy atom. The minimum atomic E-state index is 0.693. The van der Waals surface area contributed by atoms with Gasteiger partial charge >= 0.3 is 0 Å². The van der Waals surface area contributed by atoms with Gasteiger partial charge in [-0.15, -0.1) is 0 Å². The molecule has 4 rings (SSSR count). The molecule has 0 spiro atoms. The van der Waals surface area contributed by atoms with Crippen LogP contribution in [0.4, 0.5) is 0 Å². The van der Waals surface area contributed by atoms with Crippen molar-refractivity contribution < 1.29 is 4.74 Å². The number of H-pyrrole nitrogens is 1. The van der Waals surface area contributed by atoms with Crippen LogP contribution in [0, 0.1) is 0 Å². The summed E-state index contributed by atoms with van der Waals surface area (Å²) in [6.45, 7) is 1.46. The number of hydrogen-bond acceptors (Lipinski definition) is 4. The van der Waals surface area contributed by atoms with Gasteiger partial charge in [-0.1, -0.05) is 6.07 Å². The van der Waals surface area contributed by atoms with Crippen LogP contribution < -0.4 is 15.4 Å². The molecule has 0 bridgehead atoms. The Kier molecular flexibility index (Phi) is 4.12. The van der Waals surface area contributed by atoms with Crippen LogP contribution in [0.5, 0.6) is 5.75 Å². The van der Waals surface area contributed by atoms with E-state index in [9.17, 15) is 0 Å². The molecule has 0 unspecified atom stereocenters. The fourth-order valence-corrected chi connectivity index (χ4v) is 2.99. The Balaban J connectivity index is 1.65. The van der Waals surface area contributed by atoms with Gasteiger partial charge in [-0.25, -0.2) is 0 Å². The smallest absolute Gasteiger partial charge is 0.119 e. The maximum atomic E-state index is 5.32. The van der Waals surface area contributed by atoms with Crippen LogP contribution in [-0.4, -0.2) is 23.6 Å². The zero-order chi connectivity index (χ0) is 17.1. The monoisotopic (exact) mass is 332 g/mol. The average molecular weight is 332 g/mol. The number of nitrogens with one attached hydrogen (secondary N) is 3. The van der Waals surface area contributed by atoms with Gasteiger partial charge < -0.3 is 20.4 Å².